The SMILES string of the molecule is CCOc1cc(F)c(CCCN)cc1OCC. The summed E-state index contributed by atoms with van der Waals surface area (Å²) in [5, 5.41) is 0. The Balaban J connectivity index is 2.96. The number of benzene rings is 1. The van der Waals surface area contributed by atoms with Crippen molar-refractivity contribution < 1.29 is 13.9 Å². The Kier molecular flexibility index (Phi) is 5.77. The first-order valence-corrected chi connectivity index (χ1v) is 6.01. The molecule has 0 bridgehead atoms. The first-order chi connectivity index (χ1) is 8.22. The van der Waals surface area contributed by atoms with Crippen LogP contribution in [0.25, 0.3) is 0 Å². The van der Waals surface area contributed by atoms with Crippen molar-refractivity contribution in [1.82, 2.24) is 0 Å². The molecule has 0 aliphatic carbocycles. The summed E-state index contributed by atoms with van der Waals surface area (Å²) < 4.78 is 24.5. The number of ether oxygens (including phenoxy) is 2. The van der Waals surface area contributed by atoms with E-state index < -0.39 is 0 Å². The minimum Gasteiger partial charge on any atom is -0.490 e. The minimum absolute atomic E-state index is 0.259. The summed E-state index contributed by atoms with van der Waals surface area (Å²) in [6.07, 6.45) is 1.38. The van der Waals surface area contributed by atoms with E-state index in [-0.39, 0.29) is 5.82 Å². The van der Waals surface area contributed by atoms with Crippen LogP contribution in [0.2, 0.25) is 0 Å². The number of nitrogens with two attached hydrogens (primary N) is 1. The lowest BCUT2D eigenvalue weighted by atomic mass is 10.1. The molecular weight excluding hydrogens is 221 g/mol. The zero-order chi connectivity index (χ0) is 12.7. The molecule has 1 aromatic carbocycles. The Bertz CT molecular complexity index is 356. The number of aryl methyl sites for hydroxylation is 1. The van der Waals surface area contributed by atoms with E-state index >= 15 is 0 Å². The molecule has 17 heavy (non-hydrogen) atoms. The van der Waals surface area contributed by atoms with Gasteiger partial charge in [-0.25, -0.2) is 4.39 Å². The molecule has 1 rings (SSSR count). The average Bonchev–Trinajstić information content (AvgIpc) is 2.31. The summed E-state index contributed by atoms with van der Waals surface area (Å²) in [5.74, 6) is 0.802. The molecule has 0 spiro atoms. The predicted octanol–water partition coefficient (Wildman–Crippen LogP) is 2.51. The highest BCUT2D eigenvalue weighted by atomic mass is 19.1. The van der Waals surface area contributed by atoms with E-state index in [4.69, 9.17) is 15.2 Å². The third kappa shape index (κ3) is 3.89. The molecule has 0 fully saturated rings. The van der Waals surface area contributed by atoms with Gasteiger partial charge in [0.15, 0.2) is 11.5 Å². The van der Waals surface area contributed by atoms with Gasteiger partial charge in [-0.2, -0.15) is 0 Å². The summed E-state index contributed by atoms with van der Waals surface area (Å²) in [6.45, 7) is 5.31. The first kappa shape index (κ1) is 13.8. The van der Waals surface area contributed by atoms with Crippen LogP contribution in [0.5, 0.6) is 11.5 Å². The molecule has 1 aromatic rings. The second-order valence-corrected chi connectivity index (χ2v) is 3.65. The van der Waals surface area contributed by atoms with Crippen LogP contribution in [0.3, 0.4) is 0 Å². The van der Waals surface area contributed by atoms with Crippen LogP contribution in [0.1, 0.15) is 25.8 Å². The summed E-state index contributed by atoms with van der Waals surface area (Å²) in [5.41, 5.74) is 6.05. The van der Waals surface area contributed by atoms with E-state index in [9.17, 15) is 4.39 Å². The topological polar surface area (TPSA) is 44.5 Å². The molecule has 0 amide bonds. The highest BCUT2D eigenvalue weighted by Crippen LogP contribution is 2.31. The Morgan fingerprint density at radius 1 is 1.12 bits per heavy atom. The van der Waals surface area contributed by atoms with E-state index in [1.165, 1.54) is 6.07 Å². The second kappa shape index (κ2) is 7.12. The van der Waals surface area contributed by atoms with Gasteiger partial charge in [-0.05, 0) is 44.9 Å². The zero-order valence-electron chi connectivity index (χ0n) is 10.5. The minimum atomic E-state index is -0.259. The first-order valence-electron chi connectivity index (χ1n) is 6.01. The van der Waals surface area contributed by atoms with Gasteiger partial charge in [0.2, 0.25) is 0 Å². The van der Waals surface area contributed by atoms with Crippen molar-refractivity contribution in [3.8, 4) is 11.5 Å². The standard InChI is InChI=1S/C13H20FNO2/c1-3-16-12-8-10(6-5-7-15)11(14)9-13(12)17-4-2/h8-9H,3-7,15H2,1-2H3. The summed E-state index contributed by atoms with van der Waals surface area (Å²) in [6, 6.07) is 3.10. The molecule has 0 atom stereocenters. The molecule has 0 aromatic heterocycles. The van der Waals surface area contributed by atoms with Crippen molar-refractivity contribution in [2.75, 3.05) is 19.8 Å². The third-order valence-electron chi connectivity index (χ3n) is 2.36. The molecule has 4 heteroatoms. The fourth-order valence-electron chi connectivity index (χ4n) is 1.60. The van der Waals surface area contributed by atoms with Crippen LogP contribution in [0.15, 0.2) is 12.1 Å². The van der Waals surface area contributed by atoms with Gasteiger partial charge in [-0.1, -0.05) is 0 Å². The Labute approximate surface area is 102 Å². The zero-order valence-corrected chi connectivity index (χ0v) is 10.5. The highest BCUT2D eigenvalue weighted by molar-refractivity contribution is 5.44. The molecule has 0 heterocycles. The van der Waals surface area contributed by atoms with Crippen LogP contribution >= 0.6 is 0 Å². The van der Waals surface area contributed by atoms with Crippen molar-refractivity contribution >= 4 is 0 Å². The van der Waals surface area contributed by atoms with Gasteiger partial charge in [0.25, 0.3) is 0 Å². The number of halogens is 1. The fraction of sp³-hybridized carbons (Fsp3) is 0.538. The van der Waals surface area contributed by atoms with Gasteiger partial charge < -0.3 is 15.2 Å². The van der Waals surface area contributed by atoms with Gasteiger partial charge >= 0.3 is 0 Å². The van der Waals surface area contributed by atoms with Crippen LogP contribution in [-0.2, 0) is 6.42 Å². The number of hydrogen-bond donors (Lipinski definition) is 1. The van der Waals surface area contributed by atoms with E-state index in [2.05, 4.69) is 0 Å². The summed E-state index contributed by atoms with van der Waals surface area (Å²) in [4.78, 5) is 0. The molecule has 0 aliphatic heterocycles. The van der Waals surface area contributed by atoms with Crippen molar-refractivity contribution in [2.24, 2.45) is 5.73 Å². The largest absolute Gasteiger partial charge is 0.490 e. The van der Waals surface area contributed by atoms with Gasteiger partial charge in [0, 0.05) is 6.07 Å². The van der Waals surface area contributed by atoms with E-state index in [1.807, 2.05) is 13.8 Å². The Morgan fingerprint density at radius 3 is 2.24 bits per heavy atom. The number of rotatable bonds is 7. The van der Waals surface area contributed by atoms with Gasteiger partial charge in [0.1, 0.15) is 5.82 Å². The van der Waals surface area contributed by atoms with Crippen molar-refractivity contribution in [1.29, 1.82) is 0 Å². The Hall–Kier alpha value is -1.29. The van der Waals surface area contributed by atoms with Crippen LogP contribution < -0.4 is 15.2 Å². The monoisotopic (exact) mass is 241 g/mol. The molecule has 0 radical (unpaired) electrons. The van der Waals surface area contributed by atoms with E-state index in [1.54, 1.807) is 6.07 Å². The maximum Gasteiger partial charge on any atom is 0.164 e. The van der Waals surface area contributed by atoms with Gasteiger partial charge in [-0.3, -0.25) is 0 Å². The van der Waals surface area contributed by atoms with E-state index in [0.717, 1.165) is 6.42 Å². The molecule has 2 N–H and O–H groups in total. The molecule has 0 saturated heterocycles. The number of hydrogen-bond acceptors (Lipinski definition) is 3. The lowest BCUT2D eigenvalue weighted by molar-refractivity contribution is 0.285. The molecule has 96 valence electrons. The van der Waals surface area contributed by atoms with Gasteiger partial charge in [-0.15, -0.1) is 0 Å². The molecule has 0 aliphatic rings. The highest BCUT2D eigenvalue weighted by Gasteiger charge is 2.11. The summed E-state index contributed by atoms with van der Waals surface area (Å²) >= 11 is 0. The maximum absolute atomic E-state index is 13.7. The fourth-order valence-corrected chi connectivity index (χ4v) is 1.60. The quantitative estimate of drug-likeness (QED) is 0.797. The third-order valence-corrected chi connectivity index (χ3v) is 2.36. The molecule has 0 saturated carbocycles. The van der Waals surface area contributed by atoms with Crippen LogP contribution in [-0.4, -0.2) is 19.8 Å². The molecule has 0 unspecified atom stereocenters. The molecular formula is C13H20FNO2. The van der Waals surface area contributed by atoms with Crippen molar-refractivity contribution in [3.63, 3.8) is 0 Å². The smallest absolute Gasteiger partial charge is 0.164 e. The van der Waals surface area contributed by atoms with Crippen LogP contribution in [0, 0.1) is 5.82 Å². The Morgan fingerprint density at radius 2 is 1.71 bits per heavy atom. The van der Waals surface area contributed by atoms with Crippen LogP contribution in [0.4, 0.5) is 4.39 Å². The van der Waals surface area contributed by atoms with Crippen molar-refractivity contribution in [3.05, 3.63) is 23.5 Å². The lowest BCUT2D eigenvalue weighted by Crippen LogP contribution is -2.04. The summed E-state index contributed by atoms with van der Waals surface area (Å²) in [7, 11) is 0. The van der Waals surface area contributed by atoms with Crippen molar-refractivity contribution in [2.45, 2.75) is 26.7 Å². The lowest BCUT2D eigenvalue weighted by Gasteiger charge is -2.13. The van der Waals surface area contributed by atoms with E-state index in [0.29, 0.717) is 43.2 Å². The van der Waals surface area contributed by atoms with Gasteiger partial charge in [0.05, 0.1) is 13.2 Å². The molecule has 3 nitrogen and oxygen atoms in total. The average molecular weight is 241 g/mol. The second-order valence-electron chi connectivity index (χ2n) is 3.65. The normalized spacial score (nSPS) is 10.4. The maximum atomic E-state index is 13.7. The predicted molar refractivity (Wildman–Crippen MR) is 66.1 cm³/mol.